The number of aryl methyl sites for hydroxylation is 1. The van der Waals surface area contributed by atoms with Crippen molar-refractivity contribution in [2.24, 2.45) is 5.16 Å². The molecule has 1 aromatic rings. The molecule has 0 aliphatic rings. The zero-order valence-corrected chi connectivity index (χ0v) is 5.87. The summed E-state index contributed by atoms with van der Waals surface area (Å²) in [7, 11) is 0. The Hall–Kier alpha value is -1.31. The summed E-state index contributed by atoms with van der Waals surface area (Å²) in [4.78, 5) is 4.77. The molecule has 0 saturated carbocycles. The minimum Gasteiger partial charge on any atom is -0.358 e. The predicted molar refractivity (Wildman–Crippen MR) is 41.4 cm³/mol. The van der Waals surface area contributed by atoms with Gasteiger partial charge < -0.3 is 4.84 Å². The Morgan fingerprint density at radius 2 is 1.90 bits per heavy atom. The van der Waals surface area contributed by atoms with Crippen LogP contribution in [0.2, 0.25) is 0 Å². The Morgan fingerprint density at radius 3 is 2.40 bits per heavy atom. The van der Waals surface area contributed by atoms with Gasteiger partial charge in [0, 0.05) is 6.72 Å². The highest BCUT2D eigenvalue weighted by atomic mass is 16.6. The third-order valence-corrected chi connectivity index (χ3v) is 1.19. The third kappa shape index (κ3) is 1.58. The van der Waals surface area contributed by atoms with E-state index < -0.39 is 0 Å². The molecule has 0 spiro atoms. The monoisotopic (exact) mass is 135 g/mol. The van der Waals surface area contributed by atoms with Gasteiger partial charge in [0.2, 0.25) is 0 Å². The van der Waals surface area contributed by atoms with E-state index in [2.05, 4.69) is 11.9 Å². The van der Waals surface area contributed by atoms with Gasteiger partial charge in [0.15, 0.2) is 5.75 Å². The zero-order chi connectivity index (χ0) is 7.40. The van der Waals surface area contributed by atoms with Crippen LogP contribution in [-0.2, 0) is 0 Å². The van der Waals surface area contributed by atoms with Crippen molar-refractivity contribution >= 4 is 6.72 Å². The number of benzene rings is 1. The van der Waals surface area contributed by atoms with Crippen molar-refractivity contribution in [1.29, 1.82) is 0 Å². The molecule has 0 aliphatic heterocycles. The second-order valence-corrected chi connectivity index (χ2v) is 2.03. The quantitative estimate of drug-likeness (QED) is 0.449. The highest BCUT2D eigenvalue weighted by molar-refractivity contribution is 5.27. The summed E-state index contributed by atoms with van der Waals surface area (Å²) in [5.74, 6) is 0.723. The van der Waals surface area contributed by atoms with Crippen LogP contribution in [0.25, 0.3) is 0 Å². The number of hydrogen-bond donors (Lipinski definition) is 0. The van der Waals surface area contributed by atoms with Gasteiger partial charge in [-0.1, -0.05) is 22.9 Å². The van der Waals surface area contributed by atoms with E-state index in [1.165, 1.54) is 5.56 Å². The largest absolute Gasteiger partial charge is 0.358 e. The average Bonchev–Trinajstić information content (AvgIpc) is 1.95. The van der Waals surface area contributed by atoms with E-state index in [1.54, 1.807) is 0 Å². The first-order chi connectivity index (χ1) is 4.83. The maximum atomic E-state index is 4.77. The Labute approximate surface area is 60.1 Å². The first kappa shape index (κ1) is 6.81. The summed E-state index contributed by atoms with van der Waals surface area (Å²) in [6.45, 7) is 5.23. The van der Waals surface area contributed by atoms with Gasteiger partial charge in [0.25, 0.3) is 0 Å². The van der Waals surface area contributed by atoms with Crippen molar-refractivity contribution < 1.29 is 4.84 Å². The maximum absolute atomic E-state index is 4.77. The smallest absolute Gasteiger partial charge is 0.157 e. The van der Waals surface area contributed by atoms with Gasteiger partial charge in [-0.15, -0.1) is 0 Å². The summed E-state index contributed by atoms with van der Waals surface area (Å²) < 4.78 is 0. The lowest BCUT2D eigenvalue weighted by Crippen LogP contribution is -1.79. The van der Waals surface area contributed by atoms with Crippen molar-refractivity contribution in [3.05, 3.63) is 29.8 Å². The minimum absolute atomic E-state index is 0.723. The molecule has 0 amide bonds. The summed E-state index contributed by atoms with van der Waals surface area (Å²) in [6, 6.07) is 7.62. The lowest BCUT2D eigenvalue weighted by molar-refractivity contribution is 0.345. The van der Waals surface area contributed by atoms with E-state index in [4.69, 9.17) is 4.84 Å². The first-order valence-electron chi connectivity index (χ1n) is 3.02. The molecule has 2 heteroatoms. The molecule has 0 saturated heterocycles. The van der Waals surface area contributed by atoms with Crippen LogP contribution < -0.4 is 4.84 Å². The first-order valence-corrected chi connectivity index (χ1v) is 3.02. The van der Waals surface area contributed by atoms with Crippen molar-refractivity contribution in [3.63, 3.8) is 0 Å². The molecule has 0 radical (unpaired) electrons. The lowest BCUT2D eigenvalue weighted by Gasteiger charge is -1.95. The van der Waals surface area contributed by atoms with E-state index in [9.17, 15) is 0 Å². The number of oxime groups is 1. The molecule has 0 heterocycles. The van der Waals surface area contributed by atoms with Crippen LogP contribution in [0.15, 0.2) is 29.4 Å². The molecule has 2 nitrogen and oxygen atoms in total. The van der Waals surface area contributed by atoms with Crippen LogP contribution in [0.4, 0.5) is 0 Å². The van der Waals surface area contributed by atoms with Crippen molar-refractivity contribution in [1.82, 2.24) is 0 Å². The Bertz CT molecular complexity index is 215. The van der Waals surface area contributed by atoms with Gasteiger partial charge in [-0.3, -0.25) is 0 Å². The molecule has 0 atom stereocenters. The van der Waals surface area contributed by atoms with Gasteiger partial charge in [-0.05, 0) is 19.1 Å². The summed E-state index contributed by atoms with van der Waals surface area (Å²) in [5, 5.41) is 3.29. The summed E-state index contributed by atoms with van der Waals surface area (Å²) in [5.41, 5.74) is 1.21. The van der Waals surface area contributed by atoms with Crippen LogP contribution in [0, 0.1) is 6.92 Å². The molecular weight excluding hydrogens is 126 g/mol. The van der Waals surface area contributed by atoms with Crippen molar-refractivity contribution in [2.75, 3.05) is 0 Å². The highest BCUT2D eigenvalue weighted by Crippen LogP contribution is 2.10. The van der Waals surface area contributed by atoms with Crippen LogP contribution in [0.3, 0.4) is 0 Å². The van der Waals surface area contributed by atoms with Crippen LogP contribution in [0.1, 0.15) is 5.56 Å². The minimum atomic E-state index is 0.723. The Kier molecular flexibility index (Phi) is 2.05. The summed E-state index contributed by atoms with van der Waals surface area (Å²) in [6.07, 6.45) is 0. The molecule has 0 unspecified atom stereocenters. The summed E-state index contributed by atoms with van der Waals surface area (Å²) >= 11 is 0. The molecule has 1 aromatic carbocycles. The van der Waals surface area contributed by atoms with Gasteiger partial charge in [-0.2, -0.15) is 0 Å². The maximum Gasteiger partial charge on any atom is 0.157 e. The second kappa shape index (κ2) is 3.01. The predicted octanol–water partition coefficient (Wildman–Crippen LogP) is 1.99. The van der Waals surface area contributed by atoms with Gasteiger partial charge >= 0.3 is 0 Å². The van der Waals surface area contributed by atoms with Crippen LogP contribution in [0.5, 0.6) is 5.75 Å². The lowest BCUT2D eigenvalue weighted by atomic mass is 10.2. The fourth-order valence-corrected chi connectivity index (χ4v) is 0.674. The topological polar surface area (TPSA) is 21.6 Å². The number of rotatable bonds is 2. The Morgan fingerprint density at radius 1 is 1.30 bits per heavy atom. The number of hydrogen-bond acceptors (Lipinski definition) is 2. The molecular formula is C8H9NO. The van der Waals surface area contributed by atoms with E-state index in [-0.39, 0.29) is 0 Å². The molecule has 0 N–H and O–H groups in total. The highest BCUT2D eigenvalue weighted by Gasteiger charge is 1.88. The fourth-order valence-electron chi connectivity index (χ4n) is 0.674. The molecule has 0 aromatic heterocycles. The van der Waals surface area contributed by atoms with Crippen molar-refractivity contribution in [3.8, 4) is 5.75 Å². The van der Waals surface area contributed by atoms with E-state index in [0.717, 1.165) is 5.75 Å². The van der Waals surface area contributed by atoms with Crippen LogP contribution >= 0.6 is 0 Å². The van der Waals surface area contributed by atoms with Gasteiger partial charge in [0.05, 0.1) is 0 Å². The molecule has 52 valence electrons. The van der Waals surface area contributed by atoms with Gasteiger partial charge in [0.1, 0.15) is 0 Å². The Balaban J connectivity index is 2.78. The molecule has 1 rings (SSSR count). The van der Waals surface area contributed by atoms with E-state index in [0.29, 0.717) is 0 Å². The SMILES string of the molecule is C=NOc1ccc(C)cc1. The molecule has 0 bridgehead atoms. The number of nitrogens with zero attached hydrogens (tertiary/aromatic N) is 1. The normalized spacial score (nSPS) is 8.90. The fraction of sp³-hybridized carbons (Fsp3) is 0.125. The van der Waals surface area contributed by atoms with E-state index >= 15 is 0 Å². The molecule has 0 fully saturated rings. The standard InChI is InChI=1S/C8H9NO/c1-7-3-5-8(6-4-7)10-9-2/h3-6H,2H2,1H3. The third-order valence-electron chi connectivity index (χ3n) is 1.19. The molecule has 0 aliphatic carbocycles. The van der Waals surface area contributed by atoms with Crippen molar-refractivity contribution in [2.45, 2.75) is 6.92 Å². The zero-order valence-electron chi connectivity index (χ0n) is 5.87. The molecule has 10 heavy (non-hydrogen) atoms. The van der Waals surface area contributed by atoms with E-state index in [1.807, 2.05) is 31.2 Å². The average molecular weight is 135 g/mol. The van der Waals surface area contributed by atoms with Gasteiger partial charge in [-0.25, -0.2) is 0 Å². The second-order valence-electron chi connectivity index (χ2n) is 2.03. The van der Waals surface area contributed by atoms with Crippen LogP contribution in [-0.4, -0.2) is 6.72 Å².